The van der Waals surface area contributed by atoms with Crippen molar-refractivity contribution < 1.29 is 22.7 Å². The van der Waals surface area contributed by atoms with Gasteiger partial charge in [-0.15, -0.1) is 10.2 Å². The van der Waals surface area contributed by atoms with Crippen molar-refractivity contribution in [1.82, 2.24) is 15.2 Å². The number of hydrogen-bond acceptors (Lipinski definition) is 6. The summed E-state index contributed by atoms with van der Waals surface area (Å²) in [6.07, 6.45) is 0.253. The van der Waals surface area contributed by atoms with E-state index in [0.29, 0.717) is 13.0 Å². The molecule has 6 nitrogen and oxygen atoms in total. The summed E-state index contributed by atoms with van der Waals surface area (Å²) in [5.74, 6) is 0.0241. The van der Waals surface area contributed by atoms with E-state index < -0.39 is 17.8 Å². The third-order valence-corrected chi connectivity index (χ3v) is 5.29. The molecule has 0 saturated carbocycles. The molecule has 4 bridgehead atoms. The van der Waals surface area contributed by atoms with Gasteiger partial charge in [-0.2, -0.15) is 13.2 Å². The van der Waals surface area contributed by atoms with Gasteiger partial charge in [-0.1, -0.05) is 19.3 Å². The Balaban J connectivity index is 1.81. The molecular formula is C18H21F3N4O2. The maximum absolute atomic E-state index is 13.6. The molecule has 2 aliphatic rings. The lowest BCUT2D eigenvalue weighted by atomic mass is 10.0. The van der Waals surface area contributed by atoms with Gasteiger partial charge < -0.3 is 14.4 Å². The number of aromatic nitrogens is 3. The van der Waals surface area contributed by atoms with Crippen LogP contribution in [0.5, 0.6) is 0 Å². The molecule has 1 fully saturated rings. The van der Waals surface area contributed by atoms with E-state index in [2.05, 4.69) is 15.2 Å². The molecule has 0 aromatic carbocycles. The third kappa shape index (κ3) is 3.65. The van der Waals surface area contributed by atoms with Crippen molar-refractivity contribution in [1.29, 1.82) is 0 Å². The van der Waals surface area contributed by atoms with E-state index in [0.717, 1.165) is 44.6 Å². The zero-order valence-corrected chi connectivity index (χ0v) is 14.7. The van der Waals surface area contributed by atoms with Gasteiger partial charge in [0, 0.05) is 12.6 Å². The van der Waals surface area contributed by atoms with E-state index in [1.807, 2.05) is 0 Å². The first-order valence-corrected chi connectivity index (χ1v) is 9.30. The van der Waals surface area contributed by atoms with Crippen LogP contribution in [0.25, 0.3) is 11.6 Å². The Labute approximate surface area is 154 Å². The summed E-state index contributed by atoms with van der Waals surface area (Å²) in [4.78, 5) is 6.05. The first-order chi connectivity index (χ1) is 12.9. The predicted molar refractivity (Wildman–Crippen MR) is 90.9 cm³/mol. The topological polar surface area (TPSA) is 75.3 Å². The fourth-order valence-corrected chi connectivity index (χ4v) is 3.91. The highest BCUT2D eigenvalue weighted by atomic mass is 19.4. The van der Waals surface area contributed by atoms with Gasteiger partial charge in [0.05, 0.1) is 5.56 Å². The number of aliphatic hydroxyl groups excluding tert-OH is 1. The summed E-state index contributed by atoms with van der Waals surface area (Å²) in [7, 11) is 0. The molecule has 146 valence electrons. The number of halogens is 3. The second kappa shape index (κ2) is 7.10. The fourth-order valence-electron chi connectivity index (χ4n) is 3.91. The Kier molecular flexibility index (Phi) is 4.79. The van der Waals surface area contributed by atoms with E-state index in [1.165, 1.54) is 6.07 Å². The van der Waals surface area contributed by atoms with Gasteiger partial charge in [-0.3, -0.25) is 0 Å². The molecule has 2 aliphatic heterocycles. The van der Waals surface area contributed by atoms with Crippen LogP contribution in [-0.4, -0.2) is 32.9 Å². The molecule has 2 aromatic heterocycles. The first kappa shape index (κ1) is 18.2. The summed E-state index contributed by atoms with van der Waals surface area (Å²) in [5.41, 5.74) is -0.559. The maximum atomic E-state index is 13.6. The summed E-state index contributed by atoms with van der Waals surface area (Å²) in [6, 6.07) is 2.31. The van der Waals surface area contributed by atoms with Crippen LogP contribution in [0.2, 0.25) is 0 Å². The Bertz CT molecular complexity index is 808. The molecule has 0 amide bonds. The van der Waals surface area contributed by atoms with E-state index >= 15 is 0 Å². The number of hydrogen-bond donors (Lipinski definition) is 1. The Morgan fingerprint density at radius 2 is 1.81 bits per heavy atom. The minimum Gasteiger partial charge on any atom is -0.416 e. The third-order valence-electron chi connectivity index (χ3n) is 5.29. The van der Waals surface area contributed by atoms with Gasteiger partial charge in [0.1, 0.15) is 17.6 Å². The molecule has 0 spiro atoms. The van der Waals surface area contributed by atoms with Crippen LogP contribution in [0, 0.1) is 0 Å². The van der Waals surface area contributed by atoms with Gasteiger partial charge in [-0.25, -0.2) is 4.98 Å². The fraction of sp³-hybridized carbons (Fsp3) is 0.611. The molecule has 2 aromatic rings. The highest BCUT2D eigenvalue weighted by molar-refractivity contribution is 5.58. The molecule has 4 heterocycles. The minimum atomic E-state index is -4.49. The molecular weight excluding hydrogens is 361 g/mol. The van der Waals surface area contributed by atoms with Crippen LogP contribution in [0.3, 0.4) is 0 Å². The number of alkyl halides is 3. The summed E-state index contributed by atoms with van der Waals surface area (Å²) in [6.45, 7) is 0.554. The SMILES string of the molecule is OC1CCCCCC2CCCN2c2nc(ccc2C(F)(F)F)-c2nnc1o2. The highest BCUT2D eigenvalue weighted by Gasteiger charge is 2.39. The monoisotopic (exact) mass is 382 g/mol. The molecule has 4 rings (SSSR count). The molecule has 1 N–H and O–H groups in total. The van der Waals surface area contributed by atoms with Gasteiger partial charge in [-0.05, 0) is 37.8 Å². The van der Waals surface area contributed by atoms with E-state index in [9.17, 15) is 18.3 Å². The van der Waals surface area contributed by atoms with Crippen molar-refractivity contribution in [2.45, 2.75) is 63.3 Å². The molecule has 1 saturated heterocycles. The molecule has 0 aliphatic carbocycles. The average molecular weight is 382 g/mol. The lowest BCUT2D eigenvalue weighted by molar-refractivity contribution is -0.137. The van der Waals surface area contributed by atoms with E-state index in [-0.39, 0.29) is 29.3 Å². The van der Waals surface area contributed by atoms with Crippen molar-refractivity contribution in [2.24, 2.45) is 0 Å². The second-order valence-electron chi connectivity index (χ2n) is 7.15. The highest BCUT2D eigenvalue weighted by Crippen LogP contribution is 2.40. The zero-order chi connectivity index (χ0) is 19.0. The van der Waals surface area contributed by atoms with Gasteiger partial charge in [0.15, 0.2) is 0 Å². The van der Waals surface area contributed by atoms with Crippen LogP contribution in [-0.2, 0) is 6.18 Å². The summed E-state index contributed by atoms with van der Waals surface area (Å²) in [5, 5.41) is 17.9. The van der Waals surface area contributed by atoms with Crippen LogP contribution < -0.4 is 4.90 Å². The summed E-state index contributed by atoms with van der Waals surface area (Å²) < 4.78 is 46.2. The van der Waals surface area contributed by atoms with Crippen molar-refractivity contribution in [3.8, 4) is 11.6 Å². The summed E-state index contributed by atoms with van der Waals surface area (Å²) >= 11 is 0. The quantitative estimate of drug-likeness (QED) is 0.739. The normalized spacial score (nSPS) is 23.8. The molecule has 0 radical (unpaired) electrons. The number of rotatable bonds is 0. The van der Waals surface area contributed by atoms with Crippen LogP contribution in [0.15, 0.2) is 16.5 Å². The van der Waals surface area contributed by atoms with Crippen molar-refractivity contribution >= 4 is 5.82 Å². The van der Waals surface area contributed by atoms with Crippen molar-refractivity contribution in [3.05, 3.63) is 23.6 Å². The van der Waals surface area contributed by atoms with Gasteiger partial charge >= 0.3 is 6.18 Å². The Morgan fingerprint density at radius 3 is 2.63 bits per heavy atom. The lowest BCUT2D eigenvalue weighted by Gasteiger charge is -2.28. The standard InChI is InChI=1S/C18H21F3N4O2/c19-18(20,21)12-8-9-13-16-23-24-17(27-16)14(26)7-3-1-2-5-11-6-4-10-25(11)15(12)22-13/h8-9,11,14,26H,1-7,10H2. The van der Waals surface area contributed by atoms with Crippen LogP contribution >= 0.6 is 0 Å². The van der Waals surface area contributed by atoms with Gasteiger partial charge in [0.25, 0.3) is 5.89 Å². The number of fused-ring (bicyclic) bond motifs is 7. The predicted octanol–water partition coefficient (Wildman–Crippen LogP) is 4.12. The minimum absolute atomic E-state index is 0.0202. The molecule has 2 unspecified atom stereocenters. The lowest BCUT2D eigenvalue weighted by Crippen LogP contribution is -2.32. The van der Waals surface area contributed by atoms with E-state index in [1.54, 1.807) is 4.90 Å². The number of aliphatic hydroxyl groups is 1. The van der Waals surface area contributed by atoms with Crippen molar-refractivity contribution in [2.75, 3.05) is 11.4 Å². The van der Waals surface area contributed by atoms with Crippen LogP contribution in [0.4, 0.5) is 19.0 Å². The first-order valence-electron chi connectivity index (χ1n) is 9.30. The zero-order valence-electron chi connectivity index (χ0n) is 14.7. The van der Waals surface area contributed by atoms with E-state index in [4.69, 9.17) is 4.42 Å². The van der Waals surface area contributed by atoms with Crippen molar-refractivity contribution in [3.63, 3.8) is 0 Å². The second-order valence-corrected chi connectivity index (χ2v) is 7.15. The smallest absolute Gasteiger partial charge is 0.416 e. The molecule has 2 atom stereocenters. The number of pyridine rings is 1. The maximum Gasteiger partial charge on any atom is 0.419 e. The van der Waals surface area contributed by atoms with Gasteiger partial charge in [0.2, 0.25) is 5.89 Å². The number of nitrogens with zero attached hydrogens (tertiary/aromatic N) is 4. The average Bonchev–Trinajstić information content (AvgIpc) is 3.29. The largest absolute Gasteiger partial charge is 0.419 e. The molecule has 9 heteroatoms. The Morgan fingerprint density at radius 1 is 1.04 bits per heavy atom. The molecule has 27 heavy (non-hydrogen) atoms. The Hall–Kier alpha value is -2.16. The number of anilines is 1. The van der Waals surface area contributed by atoms with Crippen LogP contribution in [0.1, 0.15) is 62.5 Å².